The van der Waals surface area contributed by atoms with Gasteiger partial charge in [0.05, 0.1) is 6.04 Å². The Hall–Kier alpha value is -2.66. The second-order valence-corrected chi connectivity index (χ2v) is 9.89. The summed E-state index contributed by atoms with van der Waals surface area (Å²) in [5, 5.41) is 3.01. The molecule has 0 radical (unpaired) electrons. The number of rotatable bonds is 11. The molecule has 0 aliphatic carbocycles. The Balaban J connectivity index is 1.68. The van der Waals surface area contributed by atoms with Crippen molar-refractivity contribution in [3.8, 4) is 0 Å². The van der Waals surface area contributed by atoms with Crippen molar-refractivity contribution >= 4 is 11.9 Å². The first kappa shape index (κ1) is 25.0. The number of nitrogens with zero attached hydrogens (tertiary/aromatic N) is 1. The van der Waals surface area contributed by atoms with Crippen LogP contribution < -0.4 is 5.32 Å². The molecule has 1 N–H and O–H groups in total. The van der Waals surface area contributed by atoms with E-state index in [0.717, 1.165) is 24.0 Å². The molecule has 3 rings (SSSR count). The maximum absolute atomic E-state index is 13.4. The van der Waals surface area contributed by atoms with E-state index in [9.17, 15) is 9.59 Å². The number of carbonyl (C=O) groups excluding carboxylic acids is 2. The molecule has 1 aliphatic heterocycles. The summed E-state index contributed by atoms with van der Waals surface area (Å²) in [6.07, 6.45) is 2.16. The highest BCUT2D eigenvalue weighted by Crippen LogP contribution is 2.46. The maximum Gasteiger partial charge on any atom is 0.329 e. The van der Waals surface area contributed by atoms with E-state index in [1.165, 1.54) is 0 Å². The SMILES string of the molecule is CC(C)CCC(C)N1C(C(=O)N[C@@H](C(=O)OCc2ccccc2)C(C)C)C1c1ccccc1. The van der Waals surface area contributed by atoms with Gasteiger partial charge in [-0.1, -0.05) is 88.4 Å². The highest BCUT2D eigenvalue weighted by Gasteiger charge is 2.55. The summed E-state index contributed by atoms with van der Waals surface area (Å²) in [6.45, 7) is 10.7. The van der Waals surface area contributed by atoms with Gasteiger partial charge < -0.3 is 10.1 Å². The quantitative estimate of drug-likeness (QED) is 0.381. The van der Waals surface area contributed by atoms with Crippen molar-refractivity contribution in [2.75, 3.05) is 0 Å². The number of esters is 1. The van der Waals surface area contributed by atoms with Crippen molar-refractivity contribution in [2.24, 2.45) is 11.8 Å². The predicted octanol–water partition coefficient (Wildman–Crippen LogP) is 5.12. The number of hydrogen-bond acceptors (Lipinski definition) is 4. The fourth-order valence-corrected chi connectivity index (χ4v) is 4.36. The zero-order chi connectivity index (χ0) is 24.0. The molecule has 1 heterocycles. The molecule has 1 saturated heterocycles. The van der Waals surface area contributed by atoms with E-state index in [1.807, 2.05) is 62.4 Å². The molecule has 33 heavy (non-hydrogen) atoms. The van der Waals surface area contributed by atoms with Crippen LogP contribution in [0.25, 0.3) is 0 Å². The largest absolute Gasteiger partial charge is 0.459 e. The first-order valence-electron chi connectivity index (χ1n) is 12.1. The van der Waals surface area contributed by atoms with Crippen LogP contribution in [-0.4, -0.2) is 34.9 Å². The van der Waals surface area contributed by atoms with E-state index >= 15 is 0 Å². The highest BCUT2D eigenvalue weighted by atomic mass is 16.5. The second kappa shape index (κ2) is 11.5. The van der Waals surface area contributed by atoms with Gasteiger partial charge in [-0.25, -0.2) is 4.79 Å². The van der Waals surface area contributed by atoms with Gasteiger partial charge in [0.15, 0.2) is 0 Å². The summed E-state index contributed by atoms with van der Waals surface area (Å²) in [5.74, 6) is 0.0617. The maximum atomic E-state index is 13.4. The molecule has 2 aromatic carbocycles. The Labute approximate surface area is 198 Å². The first-order chi connectivity index (χ1) is 15.8. The molecule has 0 bridgehead atoms. The molecule has 178 valence electrons. The lowest BCUT2D eigenvalue weighted by atomic mass is 10.0. The third-order valence-electron chi connectivity index (χ3n) is 6.37. The van der Waals surface area contributed by atoms with Crippen LogP contribution in [0.3, 0.4) is 0 Å². The summed E-state index contributed by atoms with van der Waals surface area (Å²) in [4.78, 5) is 28.5. The van der Waals surface area contributed by atoms with Gasteiger partial charge in [0.1, 0.15) is 18.7 Å². The van der Waals surface area contributed by atoms with E-state index in [2.05, 4.69) is 43.1 Å². The molecule has 5 heteroatoms. The van der Waals surface area contributed by atoms with E-state index in [1.54, 1.807) is 0 Å². The Bertz CT molecular complexity index is 898. The number of carbonyl (C=O) groups is 2. The molecule has 0 aromatic heterocycles. The molecule has 0 spiro atoms. The highest BCUT2D eigenvalue weighted by molar-refractivity contribution is 5.90. The van der Waals surface area contributed by atoms with E-state index < -0.39 is 12.0 Å². The van der Waals surface area contributed by atoms with Crippen LogP contribution in [0, 0.1) is 11.8 Å². The van der Waals surface area contributed by atoms with E-state index in [-0.39, 0.29) is 36.6 Å². The van der Waals surface area contributed by atoms with Gasteiger partial charge in [0, 0.05) is 6.04 Å². The average Bonchev–Trinajstić information content (AvgIpc) is 3.56. The molecule has 1 fully saturated rings. The lowest BCUT2D eigenvalue weighted by Crippen LogP contribution is -2.47. The summed E-state index contributed by atoms with van der Waals surface area (Å²) in [7, 11) is 0. The summed E-state index contributed by atoms with van der Waals surface area (Å²) in [5.41, 5.74) is 2.07. The minimum atomic E-state index is -0.675. The summed E-state index contributed by atoms with van der Waals surface area (Å²) < 4.78 is 5.54. The third kappa shape index (κ3) is 6.67. The summed E-state index contributed by atoms with van der Waals surface area (Å²) >= 11 is 0. The lowest BCUT2D eigenvalue weighted by Gasteiger charge is -2.21. The van der Waals surface area contributed by atoms with E-state index in [0.29, 0.717) is 5.92 Å². The fourth-order valence-electron chi connectivity index (χ4n) is 4.36. The normalized spacial score (nSPS) is 21.5. The minimum absolute atomic E-state index is 0.0431. The Morgan fingerprint density at radius 3 is 2.09 bits per heavy atom. The van der Waals surface area contributed by atoms with Crippen molar-refractivity contribution in [1.29, 1.82) is 0 Å². The van der Waals surface area contributed by atoms with Crippen LogP contribution in [0.1, 0.15) is 64.6 Å². The van der Waals surface area contributed by atoms with Gasteiger partial charge in [-0.15, -0.1) is 0 Å². The van der Waals surface area contributed by atoms with Crippen molar-refractivity contribution in [3.05, 3.63) is 71.8 Å². The lowest BCUT2D eigenvalue weighted by molar-refractivity contribution is -0.150. The number of benzene rings is 2. The van der Waals surface area contributed by atoms with Gasteiger partial charge in [-0.2, -0.15) is 0 Å². The van der Waals surface area contributed by atoms with Gasteiger partial charge in [-0.05, 0) is 42.7 Å². The monoisotopic (exact) mass is 450 g/mol. The molecule has 1 amide bonds. The van der Waals surface area contributed by atoms with Crippen LogP contribution in [0.15, 0.2) is 60.7 Å². The number of nitrogens with one attached hydrogen (secondary N) is 1. The van der Waals surface area contributed by atoms with Crippen LogP contribution in [0.4, 0.5) is 0 Å². The molecule has 5 atom stereocenters. The zero-order valence-corrected chi connectivity index (χ0v) is 20.5. The van der Waals surface area contributed by atoms with Crippen molar-refractivity contribution < 1.29 is 14.3 Å². The molecule has 4 unspecified atom stereocenters. The molecular weight excluding hydrogens is 412 g/mol. The predicted molar refractivity (Wildman–Crippen MR) is 131 cm³/mol. The van der Waals surface area contributed by atoms with E-state index in [4.69, 9.17) is 4.74 Å². The standard InChI is InChI=1S/C28H38N2O3/c1-19(2)16-17-21(5)30-25(23-14-10-7-11-15-23)26(30)27(31)29-24(20(3)4)28(32)33-18-22-12-8-6-9-13-22/h6-15,19-21,24-26H,16-18H2,1-5H3,(H,29,31)/t21?,24-,25?,26?,30?/m1/s1. The van der Waals surface area contributed by atoms with Gasteiger partial charge in [0.2, 0.25) is 5.91 Å². The van der Waals surface area contributed by atoms with Crippen LogP contribution in [0.5, 0.6) is 0 Å². The molecule has 0 saturated carbocycles. The number of amides is 1. The zero-order valence-electron chi connectivity index (χ0n) is 20.5. The van der Waals surface area contributed by atoms with Gasteiger partial charge in [0.25, 0.3) is 0 Å². The molecule has 5 nitrogen and oxygen atoms in total. The molecule has 2 aromatic rings. The second-order valence-electron chi connectivity index (χ2n) is 9.89. The average molecular weight is 451 g/mol. The van der Waals surface area contributed by atoms with Crippen molar-refractivity contribution in [1.82, 2.24) is 10.2 Å². The fraction of sp³-hybridized carbons (Fsp3) is 0.500. The molecular formula is C28H38N2O3. The smallest absolute Gasteiger partial charge is 0.329 e. The Kier molecular flexibility index (Phi) is 8.67. The van der Waals surface area contributed by atoms with Crippen LogP contribution >= 0.6 is 0 Å². The number of ether oxygens (including phenoxy) is 1. The van der Waals surface area contributed by atoms with Gasteiger partial charge >= 0.3 is 5.97 Å². The van der Waals surface area contributed by atoms with Crippen LogP contribution in [0.2, 0.25) is 0 Å². The Morgan fingerprint density at radius 1 is 0.909 bits per heavy atom. The van der Waals surface area contributed by atoms with Gasteiger partial charge in [-0.3, -0.25) is 9.69 Å². The van der Waals surface area contributed by atoms with Crippen LogP contribution in [-0.2, 0) is 20.9 Å². The van der Waals surface area contributed by atoms with Crippen molar-refractivity contribution in [3.63, 3.8) is 0 Å². The topological polar surface area (TPSA) is 58.4 Å². The first-order valence-corrected chi connectivity index (χ1v) is 12.1. The minimum Gasteiger partial charge on any atom is -0.459 e. The Morgan fingerprint density at radius 2 is 1.52 bits per heavy atom. The number of hydrogen-bond donors (Lipinski definition) is 1. The third-order valence-corrected chi connectivity index (χ3v) is 6.37. The summed E-state index contributed by atoms with van der Waals surface area (Å²) in [6, 6.07) is 19.1. The van der Waals surface area contributed by atoms with Crippen molar-refractivity contribution in [2.45, 2.75) is 78.2 Å². The molecule has 1 aliphatic rings.